The van der Waals surface area contributed by atoms with Gasteiger partial charge in [-0.3, -0.25) is 9.59 Å². The first-order chi connectivity index (χ1) is 9.26. The molecule has 0 aromatic heterocycles. The molecule has 0 heterocycles. The fraction of sp³-hybridized carbons (Fsp3) is 0.846. The van der Waals surface area contributed by atoms with Crippen molar-refractivity contribution in [1.29, 1.82) is 0 Å². The lowest BCUT2D eigenvalue weighted by Crippen LogP contribution is -2.52. The average Bonchev–Trinajstić information content (AvgIpc) is 2.96. The molecule has 114 valence electrons. The predicted molar refractivity (Wildman–Crippen MR) is 73.0 cm³/mol. The van der Waals surface area contributed by atoms with E-state index in [0.29, 0.717) is 32.1 Å². The fourth-order valence-corrected chi connectivity index (χ4v) is 4.79. The molecule has 2 rings (SSSR count). The number of amides is 1. The molecule has 0 unspecified atom stereocenters. The van der Waals surface area contributed by atoms with Crippen molar-refractivity contribution in [3.05, 3.63) is 0 Å². The molecule has 2 aliphatic carbocycles. The first kappa shape index (κ1) is 15.3. The number of rotatable bonds is 4. The molecule has 0 radical (unpaired) electrons. The largest absolute Gasteiger partial charge is 0.481 e. The number of nitrogens with one attached hydrogen (secondary N) is 1. The van der Waals surface area contributed by atoms with Crippen LogP contribution in [0.15, 0.2) is 0 Å². The number of hydrogen-bond acceptors (Lipinski definition) is 4. The summed E-state index contributed by atoms with van der Waals surface area (Å²) in [6, 6.07) is -0.220. The van der Waals surface area contributed by atoms with Crippen LogP contribution in [0.2, 0.25) is 0 Å². The highest BCUT2D eigenvalue weighted by Gasteiger charge is 2.50. The molecule has 2 atom stereocenters. The zero-order valence-electron chi connectivity index (χ0n) is 11.6. The van der Waals surface area contributed by atoms with Crippen molar-refractivity contribution < 1.29 is 23.1 Å². The highest BCUT2D eigenvalue weighted by molar-refractivity contribution is 7.92. The van der Waals surface area contributed by atoms with Gasteiger partial charge in [0.15, 0.2) is 9.84 Å². The molecule has 20 heavy (non-hydrogen) atoms. The van der Waals surface area contributed by atoms with E-state index in [1.165, 1.54) is 0 Å². The smallest absolute Gasteiger partial charge is 0.306 e. The molecule has 0 saturated heterocycles. The van der Waals surface area contributed by atoms with Crippen LogP contribution in [0, 0.1) is 5.92 Å². The average molecular weight is 303 g/mol. The highest BCUT2D eigenvalue weighted by atomic mass is 32.2. The van der Waals surface area contributed by atoms with Crippen molar-refractivity contribution in [1.82, 2.24) is 5.32 Å². The van der Waals surface area contributed by atoms with Crippen LogP contribution >= 0.6 is 0 Å². The summed E-state index contributed by atoms with van der Waals surface area (Å²) in [7, 11) is -3.46. The number of aliphatic carboxylic acids is 1. The maximum atomic E-state index is 12.4. The number of carboxylic acids is 1. The second-order valence-corrected chi connectivity index (χ2v) is 8.32. The summed E-state index contributed by atoms with van der Waals surface area (Å²) in [4.78, 5) is 23.3. The second-order valence-electron chi connectivity index (χ2n) is 5.99. The molecule has 0 spiro atoms. The zero-order valence-corrected chi connectivity index (χ0v) is 12.4. The molecule has 7 heteroatoms. The van der Waals surface area contributed by atoms with E-state index in [1.807, 2.05) is 0 Å². The van der Waals surface area contributed by atoms with E-state index in [1.54, 1.807) is 0 Å². The Hall–Kier alpha value is -1.11. The van der Waals surface area contributed by atoms with Crippen LogP contribution in [0.5, 0.6) is 0 Å². The van der Waals surface area contributed by atoms with Gasteiger partial charge in [-0.1, -0.05) is 12.8 Å². The summed E-state index contributed by atoms with van der Waals surface area (Å²) < 4.78 is 22.7. The van der Waals surface area contributed by atoms with Crippen molar-refractivity contribution in [2.24, 2.45) is 5.92 Å². The van der Waals surface area contributed by atoms with Crippen LogP contribution in [0.1, 0.15) is 44.9 Å². The molecule has 2 saturated carbocycles. The van der Waals surface area contributed by atoms with Crippen molar-refractivity contribution in [2.75, 3.05) is 6.26 Å². The van der Waals surface area contributed by atoms with E-state index in [9.17, 15) is 18.0 Å². The van der Waals surface area contributed by atoms with E-state index >= 15 is 0 Å². The van der Waals surface area contributed by atoms with Crippen LogP contribution in [0.3, 0.4) is 0 Å². The molecule has 2 fully saturated rings. The Morgan fingerprint density at radius 2 is 1.80 bits per heavy atom. The van der Waals surface area contributed by atoms with Gasteiger partial charge < -0.3 is 10.4 Å². The van der Waals surface area contributed by atoms with Crippen LogP contribution in [-0.4, -0.2) is 42.4 Å². The van der Waals surface area contributed by atoms with Gasteiger partial charge in [-0.2, -0.15) is 0 Å². The Labute approximate surface area is 118 Å². The fourth-order valence-electron chi connectivity index (χ4n) is 3.37. The van der Waals surface area contributed by atoms with Crippen LogP contribution in [0.25, 0.3) is 0 Å². The van der Waals surface area contributed by atoms with Gasteiger partial charge in [0.1, 0.15) is 4.75 Å². The molecular weight excluding hydrogens is 282 g/mol. The third kappa shape index (κ3) is 2.68. The molecule has 1 amide bonds. The van der Waals surface area contributed by atoms with E-state index in [0.717, 1.165) is 19.1 Å². The third-order valence-corrected chi connectivity index (χ3v) is 6.67. The maximum absolute atomic E-state index is 12.4. The van der Waals surface area contributed by atoms with Crippen LogP contribution in [0.4, 0.5) is 0 Å². The van der Waals surface area contributed by atoms with Gasteiger partial charge in [-0.15, -0.1) is 0 Å². The minimum absolute atomic E-state index is 0.220. The molecule has 0 bridgehead atoms. The van der Waals surface area contributed by atoms with Gasteiger partial charge in [0.2, 0.25) is 5.91 Å². The van der Waals surface area contributed by atoms with Gasteiger partial charge in [-0.25, -0.2) is 8.42 Å². The Balaban J connectivity index is 2.06. The van der Waals surface area contributed by atoms with Crippen molar-refractivity contribution in [3.8, 4) is 0 Å². The zero-order chi connectivity index (χ0) is 15.0. The Kier molecular flexibility index (Phi) is 4.09. The van der Waals surface area contributed by atoms with Gasteiger partial charge in [0.25, 0.3) is 0 Å². The number of sulfone groups is 1. The van der Waals surface area contributed by atoms with Crippen LogP contribution < -0.4 is 5.32 Å². The van der Waals surface area contributed by atoms with Crippen LogP contribution in [-0.2, 0) is 19.4 Å². The summed E-state index contributed by atoms with van der Waals surface area (Å²) in [6.07, 6.45) is 4.85. The first-order valence-electron chi connectivity index (χ1n) is 7.00. The molecule has 6 nitrogen and oxygen atoms in total. The SMILES string of the molecule is CS(=O)(=O)C1(C(=O)N[C@@H]2CC[C@H](C(=O)O)C2)CCCC1. The number of carbonyl (C=O) groups is 2. The third-order valence-electron chi connectivity index (χ3n) is 4.65. The van der Waals surface area contributed by atoms with Gasteiger partial charge in [-0.05, 0) is 32.1 Å². The number of hydrogen-bond donors (Lipinski definition) is 2. The van der Waals surface area contributed by atoms with E-state index in [2.05, 4.69) is 5.32 Å². The number of carbonyl (C=O) groups excluding carboxylic acids is 1. The normalized spacial score (nSPS) is 29.2. The summed E-state index contributed by atoms with van der Waals surface area (Å²) in [6.45, 7) is 0. The van der Waals surface area contributed by atoms with Crippen molar-refractivity contribution in [2.45, 2.75) is 55.7 Å². The molecular formula is C13H21NO5S. The standard InChI is InChI=1S/C13H21NO5S/c1-20(18,19)13(6-2-3-7-13)12(17)14-10-5-4-9(8-10)11(15)16/h9-10H,2-8H2,1H3,(H,14,17)(H,15,16)/t9-,10+/m0/s1. The predicted octanol–water partition coefficient (Wildman–Crippen LogP) is 0.713. The van der Waals surface area contributed by atoms with Crippen molar-refractivity contribution in [3.63, 3.8) is 0 Å². The molecule has 0 aromatic carbocycles. The maximum Gasteiger partial charge on any atom is 0.306 e. The monoisotopic (exact) mass is 303 g/mol. The van der Waals surface area contributed by atoms with Gasteiger partial charge >= 0.3 is 5.97 Å². The van der Waals surface area contributed by atoms with E-state index in [-0.39, 0.29) is 6.04 Å². The molecule has 0 aliphatic heterocycles. The lowest BCUT2D eigenvalue weighted by Gasteiger charge is -2.27. The van der Waals surface area contributed by atoms with E-state index in [4.69, 9.17) is 5.11 Å². The minimum Gasteiger partial charge on any atom is -0.481 e. The topological polar surface area (TPSA) is 101 Å². The summed E-state index contributed by atoms with van der Waals surface area (Å²) in [5.74, 6) is -1.72. The Morgan fingerprint density at radius 1 is 1.20 bits per heavy atom. The second kappa shape index (κ2) is 5.35. The van der Waals surface area contributed by atoms with Gasteiger partial charge in [0, 0.05) is 12.3 Å². The minimum atomic E-state index is -3.46. The Morgan fingerprint density at radius 3 is 2.25 bits per heavy atom. The molecule has 2 N–H and O–H groups in total. The molecule has 2 aliphatic rings. The molecule has 0 aromatic rings. The summed E-state index contributed by atoms with van der Waals surface area (Å²) >= 11 is 0. The Bertz CT molecular complexity index is 507. The first-order valence-corrected chi connectivity index (χ1v) is 8.89. The summed E-state index contributed by atoms with van der Waals surface area (Å²) in [5.41, 5.74) is 0. The quantitative estimate of drug-likeness (QED) is 0.796. The lowest BCUT2D eigenvalue weighted by molar-refractivity contribution is -0.141. The lowest BCUT2D eigenvalue weighted by atomic mass is 10.0. The van der Waals surface area contributed by atoms with E-state index < -0.39 is 32.4 Å². The number of carboxylic acid groups (broad SMARTS) is 1. The van der Waals surface area contributed by atoms with Gasteiger partial charge in [0.05, 0.1) is 5.92 Å². The highest BCUT2D eigenvalue weighted by Crippen LogP contribution is 2.37. The van der Waals surface area contributed by atoms with Crippen molar-refractivity contribution >= 4 is 21.7 Å². The summed E-state index contributed by atoms with van der Waals surface area (Å²) in [5, 5.41) is 11.7.